The number of pyridine rings is 1. The number of rotatable bonds is 5. The monoisotopic (exact) mass is 378 g/mol. The van der Waals surface area contributed by atoms with Gasteiger partial charge >= 0.3 is 5.69 Å². The Kier molecular flexibility index (Phi) is 5.28. The molecule has 1 aliphatic rings. The van der Waals surface area contributed by atoms with Crippen LogP contribution in [0.15, 0.2) is 53.5 Å². The predicted octanol–water partition coefficient (Wildman–Crippen LogP) is 2.92. The van der Waals surface area contributed by atoms with Crippen molar-refractivity contribution in [3.8, 4) is 0 Å². The van der Waals surface area contributed by atoms with Crippen molar-refractivity contribution in [2.24, 2.45) is 7.05 Å². The summed E-state index contributed by atoms with van der Waals surface area (Å²) in [5.41, 5.74) is 2.74. The van der Waals surface area contributed by atoms with Gasteiger partial charge in [-0.25, -0.2) is 9.78 Å². The summed E-state index contributed by atoms with van der Waals surface area (Å²) in [6.45, 7) is 1.35. The van der Waals surface area contributed by atoms with Crippen LogP contribution in [0.2, 0.25) is 0 Å². The van der Waals surface area contributed by atoms with Gasteiger partial charge < -0.3 is 4.90 Å². The van der Waals surface area contributed by atoms with Crippen LogP contribution in [-0.4, -0.2) is 38.0 Å². The molecule has 6 heteroatoms. The highest BCUT2D eigenvalue weighted by Crippen LogP contribution is 2.24. The van der Waals surface area contributed by atoms with Crippen molar-refractivity contribution in [2.45, 2.75) is 38.1 Å². The molecule has 0 radical (unpaired) electrons. The molecule has 4 rings (SSSR count). The predicted molar refractivity (Wildman–Crippen MR) is 109 cm³/mol. The Morgan fingerprint density at radius 1 is 1.18 bits per heavy atom. The maximum Gasteiger partial charge on any atom is 0.330 e. The quantitative estimate of drug-likeness (QED) is 0.686. The SMILES string of the molecule is Cn1c(=O)n([C@H]2CCCN(C(=O)CCCc3ccccc3)C2)c2ncccc21. The second kappa shape index (κ2) is 8.00. The smallest absolute Gasteiger partial charge is 0.330 e. The van der Waals surface area contributed by atoms with Gasteiger partial charge in [0.2, 0.25) is 5.91 Å². The topological polar surface area (TPSA) is 60.1 Å². The zero-order valence-electron chi connectivity index (χ0n) is 16.3. The van der Waals surface area contributed by atoms with Crippen LogP contribution in [0.4, 0.5) is 0 Å². The summed E-state index contributed by atoms with van der Waals surface area (Å²) >= 11 is 0. The lowest BCUT2D eigenvalue weighted by Crippen LogP contribution is -2.43. The van der Waals surface area contributed by atoms with E-state index in [2.05, 4.69) is 17.1 Å². The third-order valence-electron chi connectivity index (χ3n) is 5.66. The number of fused-ring (bicyclic) bond motifs is 1. The number of carbonyl (C=O) groups excluding carboxylic acids is 1. The molecule has 1 fully saturated rings. The first-order chi connectivity index (χ1) is 13.6. The molecule has 0 bridgehead atoms. The molecule has 3 heterocycles. The first-order valence-electron chi connectivity index (χ1n) is 9.99. The zero-order valence-corrected chi connectivity index (χ0v) is 16.3. The van der Waals surface area contributed by atoms with Crippen molar-refractivity contribution < 1.29 is 4.79 Å². The van der Waals surface area contributed by atoms with Crippen LogP contribution in [0.25, 0.3) is 11.2 Å². The maximum absolute atomic E-state index is 12.8. The molecule has 2 aromatic heterocycles. The molecule has 0 aliphatic carbocycles. The van der Waals surface area contributed by atoms with Gasteiger partial charge in [0.15, 0.2) is 5.65 Å². The Bertz CT molecular complexity index is 1020. The fraction of sp³-hybridized carbons (Fsp3) is 0.409. The first kappa shape index (κ1) is 18.5. The minimum atomic E-state index is -0.0583. The summed E-state index contributed by atoms with van der Waals surface area (Å²) < 4.78 is 3.42. The zero-order chi connectivity index (χ0) is 19.5. The Morgan fingerprint density at radius 3 is 2.82 bits per heavy atom. The van der Waals surface area contributed by atoms with Gasteiger partial charge in [0.1, 0.15) is 0 Å². The summed E-state index contributed by atoms with van der Waals surface area (Å²) in [6.07, 6.45) is 5.82. The Labute approximate surface area is 164 Å². The highest BCUT2D eigenvalue weighted by Gasteiger charge is 2.27. The number of piperidine rings is 1. The van der Waals surface area contributed by atoms with Crippen LogP contribution in [0.3, 0.4) is 0 Å². The Hall–Kier alpha value is -2.89. The molecule has 146 valence electrons. The summed E-state index contributed by atoms with van der Waals surface area (Å²) in [5.74, 6) is 0.182. The third kappa shape index (κ3) is 3.59. The van der Waals surface area contributed by atoms with E-state index in [1.807, 2.05) is 35.2 Å². The van der Waals surface area contributed by atoms with Crippen molar-refractivity contribution in [2.75, 3.05) is 13.1 Å². The number of aryl methyl sites for hydroxylation is 2. The van der Waals surface area contributed by atoms with Gasteiger partial charge in [0.25, 0.3) is 0 Å². The molecule has 1 aliphatic heterocycles. The molecule has 0 spiro atoms. The Morgan fingerprint density at radius 2 is 2.00 bits per heavy atom. The standard InChI is InChI=1S/C22H26N4O2/c1-24-19-12-6-14-23-21(19)26(22(24)28)18-11-7-15-25(16-18)20(27)13-5-10-17-8-3-2-4-9-17/h2-4,6,8-9,12,14,18H,5,7,10-11,13,15-16H2,1H3/t18-/m0/s1. The lowest BCUT2D eigenvalue weighted by atomic mass is 10.0. The number of amides is 1. The molecule has 0 saturated carbocycles. The van der Waals surface area contributed by atoms with E-state index in [0.717, 1.165) is 37.7 Å². The normalized spacial score (nSPS) is 17.2. The maximum atomic E-state index is 12.8. The van der Waals surface area contributed by atoms with Crippen LogP contribution >= 0.6 is 0 Å². The largest absolute Gasteiger partial charge is 0.341 e. The number of aromatic nitrogens is 3. The molecule has 1 atom stereocenters. The second-order valence-corrected chi connectivity index (χ2v) is 7.53. The second-order valence-electron chi connectivity index (χ2n) is 7.53. The van der Waals surface area contributed by atoms with Crippen molar-refractivity contribution >= 4 is 17.1 Å². The minimum absolute atomic E-state index is 0.0158. The molecule has 1 aromatic carbocycles. The summed E-state index contributed by atoms with van der Waals surface area (Å²) in [6, 6.07) is 14.0. The van der Waals surface area contributed by atoms with Crippen molar-refractivity contribution in [1.29, 1.82) is 0 Å². The van der Waals surface area contributed by atoms with E-state index in [-0.39, 0.29) is 17.6 Å². The molecule has 0 N–H and O–H groups in total. The van der Waals surface area contributed by atoms with Crippen LogP contribution in [0.1, 0.15) is 37.3 Å². The fourth-order valence-corrected chi connectivity index (χ4v) is 4.16. The number of likely N-dealkylation sites (tertiary alicyclic amines) is 1. The number of imidazole rings is 1. The van der Waals surface area contributed by atoms with Gasteiger partial charge in [-0.3, -0.25) is 13.9 Å². The van der Waals surface area contributed by atoms with Crippen LogP contribution in [0.5, 0.6) is 0 Å². The van der Waals surface area contributed by atoms with Gasteiger partial charge in [0, 0.05) is 32.8 Å². The first-order valence-corrected chi connectivity index (χ1v) is 9.99. The lowest BCUT2D eigenvalue weighted by Gasteiger charge is -2.33. The summed E-state index contributed by atoms with van der Waals surface area (Å²) in [5, 5.41) is 0. The average Bonchev–Trinajstić information content (AvgIpc) is 2.99. The van der Waals surface area contributed by atoms with E-state index in [0.29, 0.717) is 18.6 Å². The van der Waals surface area contributed by atoms with Gasteiger partial charge in [-0.15, -0.1) is 0 Å². The molecule has 0 unspecified atom stereocenters. The van der Waals surface area contributed by atoms with Crippen LogP contribution < -0.4 is 5.69 Å². The molecular formula is C22H26N4O2. The molecule has 6 nitrogen and oxygen atoms in total. The van der Waals surface area contributed by atoms with E-state index in [9.17, 15) is 9.59 Å². The van der Waals surface area contributed by atoms with Gasteiger partial charge in [0.05, 0.1) is 11.6 Å². The van der Waals surface area contributed by atoms with Gasteiger partial charge in [-0.2, -0.15) is 0 Å². The molecule has 1 saturated heterocycles. The third-order valence-corrected chi connectivity index (χ3v) is 5.66. The van der Waals surface area contributed by atoms with E-state index < -0.39 is 0 Å². The number of carbonyl (C=O) groups is 1. The highest BCUT2D eigenvalue weighted by molar-refractivity contribution is 5.76. The average molecular weight is 378 g/mol. The fourth-order valence-electron chi connectivity index (χ4n) is 4.16. The van der Waals surface area contributed by atoms with Crippen molar-refractivity contribution in [3.63, 3.8) is 0 Å². The number of hydrogen-bond donors (Lipinski definition) is 0. The van der Waals surface area contributed by atoms with E-state index in [1.54, 1.807) is 22.4 Å². The number of benzene rings is 1. The molecule has 3 aromatic rings. The summed E-state index contributed by atoms with van der Waals surface area (Å²) in [4.78, 5) is 31.9. The number of nitrogens with zero attached hydrogens (tertiary/aromatic N) is 4. The van der Waals surface area contributed by atoms with Crippen molar-refractivity contribution in [3.05, 3.63) is 64.7 Å². The molecular weight excluding hydrogens is 352 g/mol. The summed E-state index contributed by atoms with van der Waals surface area (Å²) in [7, 11) is 1.78. The van der Waals surface area contributed by atoms with E-state index in [1.165, 1.54) is 5.56 Å². The molecule has 28 heavy (non-hydrogen) atoms. The highest BCUT2D eigenvalue weighted by atomic mass is 16.2. The van der Waals surface area contributed by atoms with E-state index in [4.69, 9.17) is 0 Å². The number of hydrogen-bond acceptors (Lipinski definition) is 3. The van der Waals surface area contributed by atoms with E-state index >= 15 is 0 Å². The van der Waals surface area contributed by atoms with Crippen LogP contribution in [-0.2, 0) is 18.3 Å². The Balaban J connectivity index is 1.44. The minimum Gasteiger partial charge on any atom is -0.341 e. The molecule has 1 amide bonds. The van der Waals surface area contributed by atoms with Crippen molar-refractivity contribution in [1.82, 2.24) is 19.0 Å². The van der Waals surface area contributed by atoms with Crippen LogP contribution in [0, 0.1) is 0 Å². The van der Waals surface area contributed by atoms with Gasteiger partial charge in [-0.05, 0) is 43.4 Å². The van der Waals surface area contributed by atoms with Gasteiger partial charge in [-0.1, -0.05) is 30.3 Å². The lowest BCUT2D eigenvalue weighted by molar-refractivity contribution is -0.132.